The first-order chi connectivity index (χ1) is 19.1. The molecular weight excluding hydrogens is 508 g/mol. The van der Waals surface area contributed by atoms with Gasteiger partial charge in [-0.1, -0.05) is 5.21 Å². The van der Waals surface area contributed by atoms with Crippen LogP contribution in [0.5, 0.6) is 0 Å². The normalized spacial score (nSPS) is 17.5. The number of hydrogen-bond donors (Lipinski definition) is 0. The maximum absolute atomic E-state index is 13.1. The Kier molecular flexibility index (Phi) is 7.82. The Labute approximate surface area is 235 Å². The molecule has 214 valence electrons. The number of pyridine rings is 2. The highest BCUT2D eigenvalue weighted by Gasteiger charge is 2.36. The molecule has 2 fully saturated rings. The van der Waals surface area contributed by atoms with E-state index in [0.717, 1.165) is 42.9 Å². The zero-order chi connectivity index (χ0) is 28.4. The van der Waals surface area contributed by atoms with Gasteiger partial charge in [0, 0.05) is 63.4 Å². The fraction of sp³-hybridized carbons (Fsp3) is 0.552. The standard InChI is InChI=1S/C29H40N8O3/c1-29(2,3)40-28(39)37(17-21-8-9-21)24-7-6-11-34(18-24)23-10-12-35(27(38)14-23)20-36-19-26(31-32-36)22-13-25(33(4)5)16-30-15-22/h10,12-16,19,21,24H,6-9,11,17-18,20H2,1-5H3/t24-/m1/s1. The van der Waals surface area contributed by atoms with Crippen LogP contribution in [0.15, 0.2) is 47.8 Å². The summed E-state index contributed by atoms with van der Waals surface area (Å²) in [4.78, 5) is 36.6. The number of carbonyl (C=O) groups is 1. The lowest BCUT2D eigenvalue weighted by atomic mass is 10.0. The summed E-state index contributed by atoms with van der Waals surface area (Å²) in [5.41, 5.74) is 2.75. The van der Waals surface area contributed by atoms with Gasteiger partial charge in [-0.3, -0.25) is 14.3 Å². The van der Waals surface area contributed by atoms with Crippen molar-refractivity contribution in [3.05, 3.63) is 53.3 Å². The van der Waals surface area contributed by atoms with Gasteiger partial charge in [-0.25, -0.2) is 9.48 Å². The van der Waals surface area contributed by atoms with Gasteiger partial charge in [-0.15, -0.1) is 5.10 Å². The number of piperidine rings is 1. The average Bonchev–Trinajstić information content (AvgIpc) is 3.62. The maximum Gasteiger partial charge on any atom is 0.410 e. The molecule has 40 heavy (non-hydrogen) atoms. The number of amides is 1. The number of hydrogen-bond acceptors (Lipinski definition) is 8. The van der Waals surface area contributed by atoms with Crippen molar-refractivity contribution in [3.63, 3.8) is 0 Å². The topological polar surface area (TPSA) is 102 Å². The van der Waals surface area contributed by atoms with E-state index in [4.69, 9.17) is 4.74 Å². The molecule has 0 radical (unpaired) electrons. The van der Waals surface area contributed by atoms with Crippen molar-refractivity contribution in [3.8, 4) is 11.3 Å². The Bertz CT molecular complexity index is 1390. The Morgan fingerprint density at radius 1 is 1.15 bits per heavy atom. The summed E-state index contributed by atoms with van der Waals surface area (Å²) in [5.74, 6) is 0.567. The average molecular weight is 549 g/mol. The van der Waals surface area contributed by atoms with Gasteiger partial charge < -0.3 is 19.4 Å². The van der Waals surface area contributed by atoms with E-state index in [1.807, 2.05) is 63.0 Å². The fourth-order valence-electron chi connectivity index (χ4n) is 4.99. The van der Waals surface area contributed by atoms with Crippen molar-refractivity contribution < 1.29 is 9.53 Å². The number of anilines is 2. The molecule has 11 nitrogen and oxygen atoms in total. The number of nitrogens with zero attached hydrogens (tertiary/aromatic N) is 8. The lowest BCUT2D eigenvalue weighted by Crippen LogP contribution is -2.52. The Morgan fingerprint density at radius 2 is 1.95 bits per heavy atom. The highest BCUT2D eigenvalue weighted by Crippen LogP contribution is 2.32. The first kappa shape index (κ1) is 27.7. The van der Waals surface area contributed by atoms with Crippen LogP contribution in [0, 0.1) is 5.92 Å². The minimum Gasteiger partial charge on any atom is -0.444 e. The molecule has 3 aromatic rings. The third kappa shape index (κ3) is 6.81. The van der Waals surface area contributed by atoms with Crippen molar-refractivity contribution in [1.82, 2.24) is 29.4 Å². The fourth-order valence-corrected chi connectivity index (χ4v) is 4.99. The smallest absolute Gasteiger partial charge is 0.410 e. The van der Waals surface area contributed by atoms with E-state index in [1.165, 1.54) is 12.8 Å². The molecule has 0 spiro atoms. The van der Waals surface area contributed by atoms with Gasteiger partial charge in [0.15, 0.2) is 0 Å². The van der Waals surface area contributed by atoms with E-state index in [2.05, 4.69) is 20.2 Å². The van der Waals surface area contributed by atoms with Gasteiger partial charge in [0.1, 0.15) is 18.0 Å². The molecule has 4 heterocycles. The first-order valence-corrected chi connectivity index (χ1v) is 14.0. The summed E-state index contributed by atoms with van der Waals surface area (Å²) in [6.45, 7) is 8.24. The lowest BCUT2D eigenvalue weighted by Gasteiger charge is -2.40. The van der Waals surface area contributed by atoms with E-state index in [0.29, 0.717) is 18.2 Å². The number of rotatable bonds is 8. The third-order valence-electron chi connectivity index (χ3n) is 7.33. The quantitative estimate of drug-likeness (QED) is 0.420. The first-order valence-electron chi connectivity index (χ1n) is 14.0. The largest absolute Gasteiger partial charge is 0.444 e. The van der Waals surface area contributed by atoms with Gasteiger partial charge in [0.05, 0.1) is 24.1 Å². The molecule has 1 saturated carbocycles. The summed E-state index contributed by atoms with van der Waals surface area (Å²) < 4.78 is 9.01. The van der Waals surface area contributed by atoms with Crippen LogP contribution in [0.3, 0.4) is 0 Å². The zero-order valence-corrected chi connectivity index (χ0v) is 24.2. The molecule has 1 aliphatic heterocycles. The molecule has 0 aromatic carbocycles. The molecule has 1 amide bonds. The monoisotopic (exact) mass is 548 g/mol. The molecule has 1 atom stereocenters. The maximum atomic E-state index is 13.1. The van der Waals surface area contributed by atoms with Crippen molar-refractivity contribution in [2.75, 3.05) is 43.5 Å². The Balaban J connectivity index is 1.27. The van der Waals surface area contributed by atoms with Crippen LogP contribution in [-0.2, 0) is 11.4 Å². The van der Waals surface area contributed by atoms with Gasteiger partial charge in [-0.05, 0) is 64.5 Å². The minimum absolute atomic E-state index is 0.0562. The molecule has 1 saturated heterocycles. The van der Waals surface area contributed by atoms with Crippen LogP contribution < -0.4 is 15.4 Å². The van der Waals surface area contributed by atoms with Gasteiger partial charge in [-0.2, -0.15) is 0 Å². The molecule has 5 rings (SSSR count). The van der Waals surface area contributed by atoms with Crippen molar-refractivity contribution in [1.29, 1.82) is 0 Å². The van der Waals surface area contributed by atoms with Crippen molar-refractivity contribution >= 4 is 17.5 Å². The molecule has 0 bridgehead atoms. The summed E-state index contributed by atoms with van der Waals surface area (Å²) in [7, 11) is 3.92. The molecule has 0 unspecified atom stereocenters. The highest BCUT2D eigenvalue weighted by molar-refractivity contribution is 5.69. The number of ether oxygens (including phenoxy) is 1. The second kappa shape index (κ2) is 11.3. The predicted molar refractivity (Wildman–Crippen MR) is 155 cm³/mol. The number of carbonyl (C=O) groups excluding carboxylic acids is 1. The third-order valence-corrected chi connectivity index (χ3v) is 7.33. The van der Waals surface area contributed by atoms with Gasteiger partial charge >= 0.3 is 6.09 Å². The van der Waals surface area contributed by atoms with Crippen LogP contribution in [0.1, 0.15) is 46.5 Å². The van der Waals surface area contributed by atoms with E-state index in [9.17, 15) is 9.59 Å². The summed E-state index contributed by atoms with van der Waals surface area (Å²) in [5, 5.41) is 8.50. The van der Waals surface area contributed by atoms with Crippen LogP contribution in [0.2, 0.25) is 0 Å². The SMILES string of the molecule is CN(C)c1cncc(-c2cn(Cn3ccc(N4CCC[C@@H](N(CC5CC5)C(=O)OC(C)(C)C)C4)cc3=O)nn2)c1. The molecule has 0 N–H and O–H groups in total. The minimum atomic E-state index is -0.532. The van der Waals surface area contributed by atoms with Gasteiger partial charge in [0.2, 0.25) is 0 Å². The predicted octanol–water partition coefficient (Wildman–Crippen LogP) is 3.69. The molecule has 2 aliphatic rings. The van der Waals surface area contributed by atoms with E-state index < -0.39 is 5.60 Å². The molecular formula is C29H40N8O3. The van der Waals surface area contributed by atoms with E-state index in [1.54, 1.807) is 33.9 Å². The van der Waals surface area contributed by atoms with Gasteiger partial charge in [0.25, 0.3) is 5.56 Å². The molecule has 1 aliphatic carbocycles. The second-order valence-corrected chi connectivity index (χ2v) is 12.1. The summed E-state index contributed by atoms with van der Waals surface area (Å²) >= 11 is 0. The summed E-state index contributed by atoms with van der Waals surface area (Å²) in [6, 6.07) is 5.69. The van der Waals surface area contributed by atoms with E-state index >= 15 is 0 Å². The van der Waals surface area contributed by atoms with Crippen LogP contribution in [0.4, 0.5) is 16.2 Å². The number of aromatic nitrogens is 5. The molecule has 3 aromatic heterocycles. The Morgan fingerprint density at radius 3 is 2.65 bits per heavy atom. The molecule has 11 heteroatoms. The summed E-state index contributed by atoms with van der Waals surface area (Å²) in [6.07, 6.45) is 11.1. The Hall–Kier alpha value is -3.89. The van der Waals surface area contributed by atoms with Crippen LogP contribution in [-0.4, -0.2) is 80.9 Å². The van der Waals surface area contributed by atoms with Crippen LogP contribution in [0.25, 0.3) is 11.3 Å². The lowest BCUT2D eigenvalue weighted by molar-refractivity contribution is 0.0134. The van der Waals surface area contributed by atoms with Crippen LogP contribution >= 0.6 is 0 Å². The second-order valence-electron chi connectivity index (χ2n) is 12.1. The van der Waals surface area contributed by atoms with Crippen molar-refractivity contribution in [2.24, 2.45) is 5.92 Å². The van der Waals surface area contributed by atoms with Crippen molar-refractivity contribution in [2.45, 2.75) is 64.8 Å². The zero-order valence-electron chi connectivity index (χ0n) is 24.2. The highest BCUT2D eigenvalue weighted by atomic mass is 16.6. The van der Waals surface area contributed by atoms with E-state index in [-0.39, 0.29) is 24.4 Å².